The first kappa shape index (κ1) is 33.8. The molecule has 4 aromatic rings. The number of azide groups is 1. The molecule has 0 bridgehead atoms. The molecule has 0 aliphatic carbocycles. The van der Waals surface area contributed by atoms with E-state index < -0.39 is 29.3 Å². The van der Waals surface area contributed by atoms with Crippen LogP contribution in [0.3, 0.4) is 0 Å². The number of benzene rings is 4. The predicted molar refractivity (Wildman–Crippen MR) is 172 cm³/mol. The average molecular weight is 660 g/mol. The highest BCUT2D eigenvalue weighted by Gasteiger charge is 2.53. The molecule has 48 heavy (non-hydrogen) atoms. The Bertz CT molecular complexity index is 1810. The van der Waals surface area contributed by atoms with E-state index in [2.05, 4.69) is 15.3 Å². The highest BCUT2D eigenvalue weighted by molar-refractivity contribution is 6.01. The molecule has 5 rings (SSSR count). The first-order chi connectivity index (χ1) is 23.2. The number of nitrogens with zero attached hydrogens (tertiary/aromatic N) is 4. The summed E-state index contributed by atoms with van der Waals surface area (Å²) in [6, 6.07) is 25.3. The third kappa shape index (κ3) is 7.71. The first-order valence-electron chi connectivity index (χ1n) is 15.0. The summed E-state index contributed by atoms with van der Waals surface area (Å²) in [5.41, 5.74) is 9.16. The molecule has 10 nitrogen and oxygen atoms in total. The number of halogens is 3. The minimum absolute atomic E-state index is 0.000209. The summed E-state index contributed by atoms with van der Waals surface area (Å²) in [6.07, 6.45) is -5.09. The van der Waals surface area contributed by atoms with Crippen LogP contribution in [0.1, 0.15) is 40.3 Å². The van der Waals surface area contributed by atoms with Crippen molar-refractivity contribution in [3.8, 4) is 11.5 Å². The fourth-order valence-electron chi connectivity index (χ4n) is 5.33. The van der Waals surface area contributed by atoms with Gasteiger partial charge in [-0.1, -0.05) is 53.6 Å². The highest BCUT2D eigenvalue weighted by Crippen LogP contribution is 2.44. The number of amides is 1. The number of carbonyl (C=O) groups excluding carboxylic acids is 1. The molecule has 2 N–H and O–H groups in total. The third-order valence-electron chi connectivity index (χ3n) is 7.76. The van der Waals surface area contributed by atoms with Gasteiger partial charge in [-0.05, 0) is 70.8 Å². The zero-order chi connectivity index (χ0) is 34.1. The third-order valence-corrected chi connectivity index (χ3v) is 7.76. The summed E-state index contributed by atoms with van der Waals surface area (Å²) < 4.78 is 57.1. The van der Waals surface area contributed by atoms with Crippen LogP contribution in [0.15, 0.2) is 107 Å². The predicted octanol–water partition coefficient (Wildman–Crippen LogP) is 7.23. The second-order valence-corrected chi connectivity index (χ2v) is 10.9. The highest BCUT2D eigenvalue weighted by atomic mass is 19.4. The summed E-state index contributed by atoms with van der Waals surface area (Å²) in [5.74, 6) is 0.682. The van der Waals surface area contributed by atoms with Gasteiger partial charge < -0.3 is 24.6 Å². The fourth-order valence-corrected chi connectivity index (χ4v) is 5.33. The van der Waals surface area contributed by atoms with E-state index in [0.717, 1.165) is 12.1 Å². The van der Waals surface area contributed by atoms with Crippen molar-refractivity contribution in [1.29, 1.82) is 0 Å². The van der Waals surface area contributed by atoms with E-state index in [9.17, 15) is 23.5 Å². The minimum atomic E-state index is -4.49. The maximum atomic E-state index is 14.5. The molecule has 248 valence electrons. The number of hydrogen-bond acceptors (Lipinski definition) is 7. The molecule has 1 aliphatic heterocycles. The van der Waals surface area contributed by atoms with Gasteiger partial charge in [-0.25, -0.2) is 4.99 Å². The first-order valence-corrected chi connectivity index (χ1v) is 15.0. The van der Waals surface area contributed by atoms with Gasteiger partial charge in [0.25, 0.3) is 5.91 Å². The molecular weight excluding hydrogens is 627 g/mol. The number of hydrogen-bond donors (Lipinski definition) is 2. The van der Waals surface area contributed by atoms with Gasteiger partial charge in [-0.15, -0.1) is 0 Å². The van der Waals surface area contributed by atoms with Crippen LogP contribution in [0.2, 0.25) is 0 Å². The summed E-state index contributed by atoms with van der Waals surface area (Å²) in [7, 11) is 1.51. The average Bonchev–Trinajstić information content (AvgIpc) is 3.49. The van der Waals surface area contributed by atoms with Gasteiger partial charge in [0.2, 0.25) is 5.90 Å². The molecule has 0 saturated heterocycles. The number of aliphatic imine (C=N–C) groups is 1. The number of methoxy groups -OCH3 is 1. The standard InChI is InChI=1S/C35H32F3N5O5/c1-46-29-8-4-7-25(20-29)31-34(21-26-6-2-3-9-30(26)42-43-39,33(45)40-22-23-10-14-27(15-11-23)35(36,37)38)41-32(48-31)24-12-16-28(17-13-24)47-19-5-18-44/h2-4,6-17,20,31,44H,5,18-19,21-22H2,1H3,(H,40,45)/t31-,34-/m1/s1. The van der Waals surface area contributed by atoms with Crippen molar-refractivity contribution in [1.82, 2.24) is 5.32 Å². The van der Waals surface area contributed by atoms with Crippen LogP contribution in [0.5, 0.6) is 11.5 Å². The van der Waals surface area contributed by atoms with Crippen molar-refractivity contribution in [3.05, 3.63) is 135 Å². The molecule has 1 aliphatic rings. The van der Waals surface area contributed by atoms with E-state index in [1.165, 1.54) is 19.2 Å². The Labute approximate surface area is 274 Å². The maximum Gasteiger partial charge on any atom is 0.416 e. The number of carbonyl (C=O) groups is 1. The van der Waals surface area contributed by atoms with Gasteiger partial charge in [0.1, 0.15) is 11.5 Å². The number of alkyl halides is 3. The van der Waals surface area contributed by atoms with Gasteiger partial charge in [0, 0.05) is 42.2 Å². The topological polar surface area (TPSA) is 138 Å². The van der Waals surface area contributed by atoms with Crippen LogP contribution in [0.4, 0.5) is 18.9 Å². The van der Waals surface area contributed by atoms with Crippen LogP contribution in [0.25, 0.3) is 10.4 Å². The molecule has 1 amide bonds. The lowest BCUT2D eigenvalue weighted by Crippen LogP contribution is -2.49. The van der Waals surface area contributed by atoms with E-state index in [1.54, 1.807) is 72.8 Å². The molecule has 0 spiro atoms. The van der Waals surface area contributed by atoms with Gasteiger partial charge in [0.05, 0.1) is 19.3 Å². The Morgan fingerprint density at radius 2 is 1.79 bits per heavy atom. The lowest BCUT2D eigenvalue weighted by molar-refractivity contribution is -0.137. The second kappa shape index (κ2) is 14.9. The summed E-state index contributed by atoms with van der Waals surface area (Å²) in [4.78, 5) is 22.4. The van der Waals surface area contributed by atoms with E-state index in [0.29, 0.717) is 52.5 Å². The number of aliphatic hydroxyl groups is 1. The molecule has 0 fully saturated rings. The lowest BCUT2D eigenvalue weighted by atomic mass is 9.81. The smallest absolute Gasteiger partial charge is 0.416 e. The molecular formula is C35H32F3N5O5. The van der Waals surface area contributed by atoms with Gasteiger partial charge in [0.15, 0.2) is 11.6 Å². The van der Waals surface area contributed by atoms with Crippen molar-refractivity contribution in [2.24, 2.45) is 10.1 Å². The zero-order valence-corrected chi connectivity index (χ0v) is 25.9. The monoisotopic (exact) mass is 659 g/mol. The Morgan fingerprint density at radius 1 is 1.04 bits per heavy atom. The fraction of sp³-hybridized carbons (Fsp3) is 0.257. The molecule has 0 radical (unpaired) electrons. The largest absolute Gasteiger partial charge is 0.497 e. The normalized spacial score (nSPS) is 17.1. The SMILES string of the molecule is COc1cccc([C@H]2OC(c3ccc(OCCCO)cc3)=N[C@@]2(Cc2ccccc2N=[N+]=[N-])C(=O)NCc2ccc(C(F)(F)F)cc2)c1. The summed E-state index contributed by atoms with van der Waals surface area (Å²) >= 11 is 0. The molecule has 4 aromatic carbocycles. The number of aliphatic hydroxyl groups excluding tert-OH is 1. The Morgan fingerprint density at radius 3 is 2.48 bits per heavy atom. The Balaban J connectivity index is 1.58. The molecule has 1 heterocycles. The molecule has 13 heteroatoms. The maximum absolute atomic E-state index is 14.5. The van der Waals surface area contributed by atoms with Crippen LogP contribution in [-0.2, 0) is 28.7 Å². The van der Waals surface area contributed by atoms with Gasteiger partial charge >= 0.3 is 6.18 Å². The van der Waals surface area contributed by atoms with Crippen LogP contribution >= 0.6 is 0 Å². The van der Waals surface area contributed by atoms with E-state index in [1.807, 2.05) is 0 Å². The van der Waals surface area contributed by atoms with Crippen LogP contribution in [-0.4, -0.2) is 42.8 Å². The second-order valence-electron chi connectivity index (χ2n) is 10.9. The Hall–Kier alpha value is -5.52. The molecule has 0 saturated carbocycles. The lowest BCUT2D eigenvalue weighted by Gasteiger charge is -2.31. The minimum Gasteiger partial charge on any atom is -0.497 e. The van der Waals surface area contributed by atoms with Crippen LogP contribution < -0.4 is 14.8 Å². The Kier molecular flexibility index (Phi) is 10.5. The quantitative estimate of drug-likeness (QED) is 0.0675. The van der Waals surface area contributed by atoms with Crippen molar-refractivity contribution in [2.45, 2.75) is 37.2 Å². The number of ether oxygens (including phenoxy) is 3. The van der Waals surface area contributed by atoms with Crippen molar-refractivity contribution in [2.75, 3.05) is 20.3 Å². The molecule has 2 atom stereocenters. The van der Waals surface area contributed by atoms with Crippen LogP contribution in [0, 0.1) is 0 Å². The summed E-state index contributed by atoms with van der Waals surface area (Å²) in [6.45, 7) is 0.241. The van der Waals surface area contributed by atoms with Crippen molar-refractivity contribution < 1.29 is 37.3 Å². The van der Waals surface area contributed by atoms with Crippen molar-refractivity contribution in [3.63, 3.8) is 0 Å². The number of rotatable bonds is 13. The van der Waals surface area contributed by atoms with Gasteiger partial charge in [-0.2, -0.15) is 13.2 Å². The molecule has 0 unspecified atom stereocenters. The summed E-state index contributed by atoms with van der Waals surface area (Å²) in [5, 5.41) is 15.7. The van der Waals surface area contributed by atoms with Crippen molar-refractivity contribution >= 4 is 17.5 Å². The van der Waals surface area contributed by atoms with E-state index >= 15 is 0 Å². The van der Waals surface area contributed by atoms with Gasteiger partial charge in [-0.3, -0.25) is 4.79 Å². The van der Waals surface area contributed by atoms with E-state index in [4.69, 9.17) is 24.3 Å². The zero-order valence-electron chi connectivity index (χ0n) is 25.9. The van der Waals surface area contributed by atoms with E-state index in [-0.39, 0.29) is 25.5 Å². The number of nitrogens with one attached hydrogen (secondary N) is 1. The molecule has 0 aromatic heterocycles.